The maximum Gasteiger partial charge on any atom is 0.354 e. The number of esters is 1. The summed E-state index contributed by atoms with van der Waals surface area (Å²) < 4.78 is 42.4. The maximum atomic E-state index is 13.4. The van der Waals surface area contributed by atoms with Crippen molar-refractivity contribution in [3.8, 4) is 0 Å². The van der Waals surface area contributed by atoms with Crippen LogP contribution in [-0.4, -0.2) is 32.8 Å². The van der Waals surface area contributed by atoms with Gasteiger partial charge >= 0.3 is 5.97 Å². The van der Waals surface area contributed by atoms with Crippen molar-refractivity contribution in [3.63, 3.8) is 0 Å². The van der Waals surface area contributed by atoms with Gasteiger partial charge in [-0.2, -0.15) is 0 Å². The summed E-state index contributed by atoms with van der Waals surface area (Å²) in [5, 5.41) is 0. The summed E-state index contributed by atoms with van der Waals surface area (Å²) in [7, 11) is -1.97. The summed E-state index contributed by atoms with van der Waals surface area (Å²) in [4.78, 5) is 10.7. The first-order valence-electron chi connectivity index (χ1n) is 4.83. The van der Waals surface area contributed by atoms with Gasteiger partial charge in [0.25, 0.3) is 10.0 Å². The summed E-state index contributed by atoms with van der Waals surface area (Å²) in [5.74, 6) is -1.81. The first-order valence-corrected chi connectivity index (χ1v) is 6.27. The number of carbonyl (C=O) groups excluding carboxylic acids is 1. The van der Waals surface area contributed by atoms with E-state index in [1.807, 2.05) is 0 Å². The molecule has 1 aromatic rings. The molecular weight excluding hydrogens is 261 g/mol. The second-order valence-electron chi connectivity index (χ2n) is 3.34. The molecule has 0 heterocycles. The van der Waals surface area contributed by atoms with Crippen LogP contribution in [0.15, 0.2) is 41.4 Å². The molecule has 1 rings (SSSR count). The lowest BCUT2D eigenvalue weighted by Crippen LogP contribution is -2.30. The van der Waals surface area contributed by atoms with Crippen LogP contribution in [0.3, 0.4) is 0 Å². The molecule has 98 valence electrons. The van der Waals surface area contributed by atoms with E-state index >= 15 is 0 Å². The summed E-state index contributed by atoms with van der Waals surface area (Å²) >= 11 is 0. The number of carbonyl (C=O) groups is 1. The minimum absolute atomic E-state index is 0.402. The fourth-order valence-corrected chi connectivity index (χ4v) is 2.42. The lowest BCUT2D eigenvalue weighted by molar-refractivity contribution is -0.137. The fourth-order valence-electron chi connectivity index (χ4n) is 1.19. The van der Waals surface area contributed by atoms with E-state index in [0.29, 0.717) is 4.31 Å². The molecule has 0 fully saturated rings. The normalized spacial score (nSPS) is 10.8. The van der Waals surface area contributed by atoms with Crippen LogP contribution in [0.4, 0.5) is 4.39 Å². The van der Waals surface area contributed by atoms with E-state index < -0.39 is 32.4 Å². The van der Waals surface area contributed by atoms with Gasteiger partial charge in [0.05, 0.1) is 7.11 Å². The lowest BCUT2D eigenvalue weighted by Gasteiger charge is -2.19. The van der Waals surface area contributed by atoms with Gasteiger partial charge in [0.15, 0.2) is 0 Å². The molecule has 0 aliphatic rings. The molecule has 0 radical (unpaired) electrons. The van der Waals surface area contributed by atoms with Gasteiger partial charge in [-0.15, -0.1) is 0 Å². The van der Waals surface area contributed by atoms with E-state index in [0.717, 1.165) is 26.3 Å². The second-order valence-corrected chi connectivity index (χ2v) is 5.28. The van der Waals surface area contributed by atoms with Crippen molar-refractivity contribution in [1.82, 2.24) is 4.31 Å². The van der Waals surface area contributed by atoms with Crippen LogP contribution in [0, 0.1) is 5.82 Å². The number of rotatable bonds is 4. The number of ether oxygens (including phenoxy) is 1. The summed E-state index contributed by atoms with van der Waals surface area (Å²) in [6.07, 6.45) is 0. The molecule has 0 atom stereocenters. The largest absolute Gasteiger partial charge is 0.464 e. The zero-order valence-corrected chi connectivity index (χ0v) is 10.7. The zero-order chi connectivity index (χ0) is 13.9. The zero-order valence-electron chi connectivity index (χ0n) is 9.88. The quantitative estimate of drug-likeness (QED) is 0.609. The van der Waals surface area contributed by atoms with Crippen molar-refractivity contribution in [2.75, 3.05) is 14.2 Å². The molecule has 0 bridgehead atoms. The predicted octanol–water partition coefficient (Wildman–Crippen LogP) is 1.13. The van der Waals surface area contributed by atoms with Crippen molar-refractivity contribution in [2.45, 2.75) is 4.90 Å². The first-order chi connectivity index (χ1) is 8.32. The number of sulfonamides is 1. The number of benzene rings is 1. The van der Waals surface area contributed by atoms with E-state index in [2.05, 4.69) is 11.3 Å². The molecule has 5 nitrogen and oxygen atoms in total. The Bertz CT molecular complexity index is 582. The van der Waals surface area contributed by atoms with Crippen LogP contribution in [0.2, 0.25) is 0 Å². The van der Waals surface area contributed by atoms with Crippen LogP contribution in [0.25, 0.3) is 0 Å². The molecule has 0 spiro atoms. The van der Waals surface area contributed by atoms with Gasteiger partial charge in [-0.1, -0.05) is 18.7 Å². The predicted molar refractivity (Wildman–Crippen MR) is 62.5 cm³/mol. The standard InChI is InChI=1S/C11H12FNO4S/c1-8(11(14)17-3)13(2)18(15,16)10-7-5-4-6-9(10)12/h4-7H,1H2,2-3H3. The lowest BCUT2D eigenvalue weighted by atomic mass is 10.4. The number of methoxy groups -OCH3 is 1. The second kappa shape index (κ2) is 5.18. The number of hydrogen-bond donors (Lipinski definition) is 0. The Morgan fingerprint density at radius 2 is 1.94 bits per heavy atom. The van der Waals surface area contributed by atoms with E-state index in [4.69, 9.17) is 0 Å². The first kappa shape index (κ1) is 14.2. The Morgan fingerprint density at radius 3 is 2.44 bits per heavy atom. The van der Waals surface area contributed by atoms with Gasteiger partial charge in [-0.05, 0) is 12.1 Å². The Balaban J connectivity index is 3.20. The third-order valence-electron chi connectivity index (χ3n) is 2.28. The Morgan fingerprint density at radius 1 is 1.39 bits per heavy atom. The SMILES string of the molecule is C=C(C(=O)OC)N(C)S(=O)(=O)c1ccccc1F. The van der Waals surface area contributed by atoms with Gasteiger partial charge in [0.2, 0.25) is 0 Å². The van der Waals surface area contributed by atoms with E-state index in [9.17, 15) is 17.6 Å². The van der Waals surface area contributed by atoms with Crippen molar-refractivity contribution in [1.29, 1.82) is 0 Å². The van der Waals surface area contributed by atoms with Gasteiger partial charge in [0, 0.05) is 7.05 Å². The van der Waals surface area contributed by atoms with Crippen molar-refractivity contribution in [3.05, 3.63) is 42.4 Å². The molecule has 0 unspecified atom stereocenters. The Kier molecular flexibility index (Phi) is 4.07. The molecule has 7 heteroatoms. The third-order valence-corrected chi connectivity index (χ3v) is 4.10. The van der Waals surface area contributed by atoms with Crippen LogP contribution in [-0.2, 0) is 19.6 Å². The average molecular weight is 273 g/mol. The molecule has 0 N–H and O–H groups in total. The highest BCUT2D eigenvalue weighted by molar-refractivity contribution is 7.89. The smallest absolute Gasteiger partial charge is 0.354 e. The molecule has 0 aliphatic heterocycles. The minimum atomic E-state index is -4.17. The average Bonchev–Trinajstić information content (AvgIpc) is 2.36. The van der Waals surface area contributed by atoms with E-state index in [-0.39, 0.29) is 0 Å². The molecule has 18 heavy (non-hydrogen) atoms. The molecule has 1 aromatic carbocycles. The third kappa shape index (κ3) is 2.51. The van der Waals surface area contributed by atoms with Crippen molar-refractivity contribution in [2.24, 2.45) is 0 Å². The van der Waals surface area contributed by atoms with Crippen LogP contribution in [0.5, 0.6) is 0 Å². The van der Waals surface area contributed by atoms with Crippen LogP contribution in [0.1, 0.15) is 0 Å². The Hall–Kier alpha value is -1.89. The number of hydrogen-bond acceptors (Lipinski definition) is 4. The monoisotopic (exact) mass is 273 g/mol. The molecule has 0 saturated carbocycles. The highest BCUT2D eigenvalue weighted by Gasteiger charge is 2.28. The minimum Gasteiger partial charge on any atom is -0.464 e. The molecule has 0 saturated heterocycles. The van der Waals surface area contributed by atoms with Gasteiger partial charge in [-0.3, -0.25) is 4.31 Å². The van der Waals surface area contributed by atoms with Gasteiger partial charge in [0.1, 0.15) is 16.4 Å². The molecule has 0 aliphatic carbocycles. The van der Waals surface area contributed by atoms with Crippen LogP contribution < -0.4 is 0 Å². The number of halogens is 1. The molecular formula is C11H12FNO4S. The summed E-state index contributed by atoms with van der Waals surface area (Å²) in [5.41, 5.74) is -0.402. The summed E-state index contributed by atoms with van der Waals surface area (Å²) in [6, 6.07) is 4.86. The van der Waals surface area contributed by atoms with Crippen LogP contribution >= 0.6 is 0 Å². The van der Waals surface area contributed by atoms with Gasteiger partial charge in [-0.25, -0.2) is 17.6 Å². The Labute approximate surface area is 105 Å². The van der Waals surface area contributed by atoms with E-state index in [1.165, 1.54) is 12.1 Å². The fraction of sp³-hybridized carbons (Fsp3) is 0.182. The highest BCUT2D eigenvalue weighted by Crippen LogP contribution is 2.20. The van der Waals surface area contributed by atoms with E-state index in [1.54, 1.807) is 0 Å². The van der Waals surface area contributed by atoms with Crippen molar-refractivity contribution >= 4 is 16.0 Å². The molecule has 0 aromatic heterocycles. The number of likely N-dealkylation sites (N-methyl/N-ethyl adjacent to an activating group) is 1. The number of nitrogens with zero attached hydrogens (tertiary/aromatic N) is 1. The topological polar surface area (TPSA) is 63.7 Å². The summed E-state index contributed by atoms with van der Waals surface area (Å²) in [6.45, 7) is 3.30. The van der Waals surface area contributed by atoms with Crippen molar-refractivity contribution < 1.29 is 22.3 Å². The van der Waals surface area contributed by atoms with Gasteiger partial charge < -0.3 is 4.74 Å². The maximum absolute atomic E-state index is 13.4. The highest BCUT2D eigenvalue weighted by atomic mass is 32.2. The molecule has 0 amide bonds.